The van der Waals surface area contributed by atoms with Gasteiger partial charge in [-0.3, -0.25) is 0 Å². The molecule has 2 nitrogen and oxygen atoms in total. The van der Waals surface area contributed by atoms with Gasteiger partial charge in [-0.05, 0) is 54.2 Å². The fourth-order valence-electron chi connectivity index (χ4n) is 2.70. The summed E-state index contributed by atoms with van der Waals surface area (Å²) in [5, 5.41) is 10.1. The lowest BCUT2D eigenvalue weighted by Gasteiger charge is -2.27. The van der Waals surface area contributed by atoms with E-state index in [4.69, 9.17) is 4.74 Å². The van der Waals surface area contributed by atoms with Crippen LogP contribution >= 0.6 is 0 Å². The van der Waals surface area contributed by atoms with E-state index in [1.807, 2.05) is 42.5 Å². The minimum absolute atomic E-state index is 0.356. The molecule has 0 aliphatic heterocycles. The number of aliphatic hydroxyl groups excluding tert-OH is 1. The number of hydrogen-bond donors (Lipinski definition) is 1. The van der Waals surface area contributed by atoms with Crippen molar-refractivity contribution in [3.8, 4) is 11.5 Å². The van der Waals surface area contributed by atoms with Crippen molar-refractivity contribution in [2.24, 2.45) is 0 Å². The van der Waals surface area contributed by atoms with E-state index in [2.05, 4.69) is 13.0 Å². The summed E-state index contributed by atoms with van der Waals surface area (Å²) in [6.07, 6.45) is 1.53. The van der Waals surface area contributed by atoms with Crippen LogP contribution in [0, 0.1) is 0 Å². The first-order valence-corrected chi connectivity index (χ1v) is 6.79. The highest BCUT2D eigenvalue weighted by atomic mass is 16.5. The summed E-state index contributed by atoms with van der Waals surface area (Å²) in [7, 11) is 0. The van der Waals surface area contributed by atoms with Crippen LogP contribution in [-0.4, -0.2) is 5.11 Å². The van der Waals surface area contributed by atoms with E-state index in [1.54, 1.807) is 0 Å². The standard InChI is InChI=1S/C17H18O2/c1-12-7-10-17(18)16-11-14(8-9-15(12)16)19-13-5-3-2-4-6-13/h2-6,8-9,11-12,17-18H,7,10H2,1H3. The molecule has 0 saturated heterocycles. The van der Waals surface area contributed by atoms with Crippen LogP contribution in [0.15, 0.2) is 48.5 Å². The monoisotopic (exact) mass is 254 g/mol. The lowest BCUT2D eigenvalue weighted by Crippen LogP contribution is -2.12. The molecule has 0 heterocycles. The first-order valence-electron chi connectivity index (χ1n) is 6.79. The van der Waals surface area contributed by atoms with E-state index in [0.29, 0.717) is 5.92 Å². The number of hydrogen-bond acceptors (Lipinski definition) is 2. The summed E-state index contributed by atoms with van der Waals surface area (Å²) in [4.78, 5) is 0. The summed E-state index contributed by atoms with van der Waals surface area (Å²) in [5.74, 6) is 2.13. The van der Waals surface area contributed by atoms with Gasteiger partial charge in [0, 0.05) is 0 Å². The maximum atomic E-state index is 10.1. The van der Waals surface area contributed by atoms with Gasteiger partial charge in [-0.15, -0.1) is 0 Å². The van der Waals surface area contributed by atoms with Crippen molar-refractivity contribution in [2.75, 3.05) is 0 Å². The van der Waals surface area contributed by atoms with Crippen molar-refractivity contribution in [1.82, 2.24) is 0 Å². The molecular weight excluding hydrogens is 236 g/mol. The number of ether oxygens (including phenoxy) is 1. The van der Waals surface area contributed by atoms with Gasteiger partial charge < -0.3 is 9.84 Å². The van der Waals surface area contributed by atoms with Gasteiger partial charge in [0.05, 0.1) is 6.10 Å². The quantitative estimate of drug-likeness (QED) is 0.860. The Hall–Kier alpha value is -1.80. The van der Waals surface area contributed by atoms with Crippen LogP contribution in [0.2, 0.25) is 0 Å². The van der Waals surface area contributed by atoms with Crippen molar-refractivity contribution in [1.29, 1.82) is 0 Å². The van der Waals surface area contributed by atoms with Gasteiger partial charge in [0.25, 0.3) is 0 Å². The average Bonchev–Trinajstić information content (AvgIpc) is 2.44. The van der Waals surface area contributed by atoms with Crippen LogP contribution in [0.25, 0.3) is 0 Å². The Bertz CT molecular complexity index is 563. The van der Waals surface area contributed by atoms with Gasteiger partial charge in [0.15, 0.2) is 0 Å². The summed E-state index contributed by atoms with van der Waals surface area (Å²) in [6, 6.07) is 15.8. The summed E-state index contributed by atoms with van der Waals surface area (Å²) < 4.78 is 5.82. The second-order valence-electron chi connectivity index (χ2n) is 5.20. The highest BCUT2D eigenvalue weighted by molar-refractivity contribution is 5.42. The molecule has 98 valence electrons. The molecule has 1 N–H and O–H groups in total. The molecule has 0 aromatic heterocycles. The summed E-state index contributed by atoms with van der Waals surface area (Å²) in [6.45, 7) is 2.21. The van der Waals surface area contributed by atoms with Crippen molar-refractivity contribution in [2.45, 2.75) is 31.8 Å². The molecule has 19 heavy (non-hydrogen) atoms. The van der Waals surface area contributed by atoms with E-state index >= 15 is 0 Å². The number of benzene rings is 2. The number of para-hydroxylation sites is 1. The van der Waals surface area contributed by atoms with Gasteiger partial charge in [-0.2, -0.15) is 0 Å². The zero-order valence-corrected chi connectivity index (χ0v) is 11.0. The van der Waals surface area contributed by atoms with Gasteiger partial charge >= 0.3 is 0 Å². The normalized spacial score (nSPS) is 21.8. The minimum atomic E-state index is -0.356. The molecule has 3 rings (SSSR count). The molecular formula is C17H18O2. The molecule has 2 heteroatoms. The Kier molecular flexibility index (Phi) is 3.26. The number of fused-ring (bicyclic) bond motifs is 1. The first kappa shape index (κ1) is 12.2. The predicted octanol–water partition coefficient (Wildman–Crippen LogP) is 4.41. The molecule has 2 atom stereocenters. The average molecular weight is 254 g/mol. The van der Waals surface area contributed by atoms with E-state index in [9.17, 15) is 5.11 Å². The molecule has 0 spiro atoms. The van der Waals surface area contributed by atoms with E-state index < -0.39 is 0 Å². The van der Waals surface area contributed by atoms with E-state index in [0.717, 1.165) is 29.9 Å². The molecule has 0 fully saturated rings. The molecule has 1 aliphatic carbocycles. The second-order valence-corrected chi connectivity index (χ2v) is 5.20. The van der Waals surface area contributed by atoms with E-state index in [-0.39, 0.29) is 6.10 Å². The molecule has 0 bridgehead atoms. The smallest absolute Gasteiger partial charge is 0.127 e. The van der Waals surface area contributed by atoms with Gasteiger partial charge in [-0.1, -0.05) is 31.2 Å². The van der Waals surface area contributed by atoms with Crippen LogP contribution in [0.1, 0.15) is 42.9 Å². The van der Waals surface area contributed by atoms with Gasteiger partial charge in [0.1, 0.15) is 11.5 Å². The molecule has 2 unspecified atom stereocenters. The Morgan fingerprint density at radius 1 is 0.947 bits per heavy atom. The molecule has 0 radical (unpaired) electrons. The zero-order chi connectivity index (χ0) is 13.2. The first-order chi connectivity index (χ1) is 9.24. The minimum Gasteiger partial charge on any atom is -0.457 e. The highest BCUT2D eigenvalue weighted by Gasteiger charge is 2.23. The topological polar surface area (TPSA) is 29.5 Å². The number of aliphatic hydroxyl groups is 1. The SMILES string of the molecule is CC1CCC(O)c2cc(Oc3ccccc3)ccc21. The van der Waals surface area contributed by atoms with Gasteiger partial charge in [-0.25, -0.2) is 0 Å². The Morgan fingerprint density at radius 3 is 2.53 bits per heavy atom. The Balaban J connectivity index is 1.91. The van der Waals surface area contributed by atoms with Crippen LogP contribution in [0.5, 0.6) is 11.5 Å². The molecule has 0 saturated carbocycles. The largest absolute Gasteiger partial charge is 0.457 e. The molecule has 0 amide bonds. The highest BCUT2D eigenvalue weighted by Crippen LogP contribution is 2.39. The fourth-order valence-corrected chi connectivity index (χ4v) is 2.70. The number of rotatable bonds is 2. The maximum absolute atomic E-state index is 10.1. The lowest BCUT2D eigenvalue weighted by molar-refractivity contribution is 0.151. The lowest BCUT2D eigenvalue weighted by atomic mass is 9.82. The third-order valence-electron chi connectivity index (χ3n) is 3.80. The van der Waals surface area contributed by atoms with Gasteiger partial charge in [0.2, 0.25) is 0 Å². The molecule has 2 aromatic rings. The predicted molar refractivity (Wildman–Crippen MR) is 75.6 cm³/mol. The van der Waals surface area contributed by atoms with Crippen molar-refractivity contribution < 1.29 is 9.84 Å². The maximum Gasteiger partial charge on any atom is 0.127 e. The van der Waals surface area contributed by atoms with Crippen molar-refractivity contribution in [3.63, 3.8) is 0 Å². The zero-order valence-electron chi connectivity index (χ0n) is 11.0. The fraction of sp³-hybridized carbons (Fsp3) is 0.294. The summed E-state index contributed by atoms with van der Waals surface area (Å²) >= 11 is 0. The van der Waals surface area contributed by atoms with Crippen LogP contribution < -0.4 is 4.74 Å². The molecule has 1 aliphatic rings. The Morgan fingerprint density at radius 2 is 1.74 bits per heavy atom. The van der Waals surface area contributed by atoms with Crippen molar-refractivity contribution >= 4 is 0 Å². The van der Waals surface area contributed by atoms with Crippen LogP contribution in [0.3, 0.4) is 0 Å². The van der Waals surface area contributed by atoms with E-state index in [1.165, 1.54) is 5.56 Å². The Labute approximate surface area is 113 Å². The second kappa shape index (κ2) is 5.06. The van der Waals surface area contributed by atoms with Crippen molar-refractivity contribution in [3.05, 3.63) is 59.7 Å². The third kappa shape index (κ3) is 2.49. The van der Waals surface area contributed by atoms with Crippen LogP contribution in [0.4, 0.5) is 0 Å². The third-order valence-corrected chi connectivity index (χ3v) is 3.80. The molecule has 2 aromatic carbocycles. The van der Waals surface area contributed by atoms with Crippen LogP contribution in [-0.2, 0) is 0 Å². The summed E-state index contributed by atoms with van der Waals surface area (Å²) in [5.41, 5.74) is 2.27.